The first-order valence-electron chi connectivity index (χ1n) is 7.24. The molecular weight excluding hydrogens is 242 g/mol. The average Bonchev–Trinajstić information content (AvgIpc) is 2.82. The van der Waals surface area contributed by atoms with E-state index in [0.717, 1.165) is 32.4 Å². The number of methoxy groups -OCH3 is 1. The lowest BCUT2D eigenvalue weighted by molar-refractivity contribution is -0.147. The van der Waals surface area contributed by atoms with Crippen molar-refractivity contribution in [3.8, 4) is 0 Å². The van der Waals surface area contributed by atoms with E-state index in [2.05, 4.69) is 23.9 Å². The molecule has 0 aromatic carbocycles. The number of hydrogen-bond donors (Lipinski definition) is 1. The molecule has 0 spiro atoms. The van der Waals surface area contributed by atoms with E-state index in [-0.39, 0.29) is 5.97 Å². The molecule has 110 valence electrons. The molecular formula is C14H27N3O2. The lowest BCUT2D eigenvalue weighted by Gasteiger charge is -2.38. The maximum Gasteiger partial charge on any atom is 0.325 e. The van der Waals surface area contributed by atoms with Crippen LogP contribution in [0.3, 0.4) is 0 Å². The molecule has 0 radical (unpaired) electrons. The Morgan fingerprint density at radius 1 is 1.32 bits per heavy atom. The Balaban J connectivity index is 1.91. The van der Waals surface area contributed by atoms with E-state index in [1.165, 1.54) is 20.0 Å². The number of rotatable bonds is 3. The highest BCUT2D eigenvalue weighted by atomic mass is 16.5. The molecule has 1 saturated carbocycles. The standard InChI is InChI=1S/C14H27N3O2/c1-16-8-5-11(6-9-16)17(2)12-4-7-14(15,10-12)13(18)19-3/h11-12H,4-10,15H2,1-3H3. The number of esters is 1. The number of nitrogens with zero attached hydrogens (tertiary/aromatic N) is 2. The van der Waals surface area contributed by atoms with E-state index in [0.29, 0.717) is 12.1 Å². The van der Waals surface area contributed by atoms with Gasteiger partial charge in [-0.2, -0.15) is 0 Å². The molecule has 1 saturated heterocycles. The van der Waals surface area contributed by atoms with E-state index in [4.69, 9.17) is 10.5 Å². The van der Waals surface area contributed by atoms with Gasteiger partial charge in [0.05, 0.1) is 7.11 Å². The summed E-state index contributed by atoms with van der Waals surface area (Å²) in [5.41, 5.74) is 5.42. The summed E-state index contributed by atoms with van der Waals surface area (Å²) in [6.45, 7) is 2.32. The van der Waals surface area contributed by atoms with Crippen LogP contribution in [0.5, 0.6) is 0 Å². The highest BCUT2D eigenvalue weighted by molar-refractivity contribution is 5.81. The lowest BCUT2D eigenvalue weighted by atomic mass is 9.97. The Kier molecular flexibility index (Phi) is 4.48. The summed E-state index contributed by atoms with van der Waals surface area (Å²) in [5.74, 6) is -0.258. The van der Waals surface area contributed by atoms with Gasteiger partial charge >= 0.3 is 5.97 Å². The Bertz CT molecular complexity index is 329. The summed E-state index contributed by atoms with van der Waals surface area (Å²) in [7, 11) is 5.78. The van der Waals surface area contributed by atoms with Crippen LogP contribution in [-0.4, -0.2) is 67.7 Å². The number of nitrogens with two attached hydrogens (primary N) is 1. The van der Waals surface area contributed by atoms with E-state index in [1.54, 1.807) is 0 Å². The minimum atomic E-state index is -0.765. The van der Waals surface area contributed by atoms with Gasteiger partial charge in [0.1, 0.15) is 5.54 Å². The van der Waals surface area contributed by atoms with Crippen molar-refractivity contribution < 1.29 is 9.53 Å². The predicted octanol–water partition coefficient (Wildman–Crippen LogP) is 0.435. The van der Waals surface area contributed by atoms with Crippen LogP contribution in [0.25, 0.3) is 0 Å². The van der Waals surface area contributed by atoms with E-state index >= 15 is 0 Å². The van der Waals surface area contributed by atoms with Crippen LogP contribution >= 0.6 is 0 Å². The molecule has 5 nitrogen and oxygen atoms in total. The van der Waals surface area contributed by atoms with Gasteiger partial charge in [-0.05, 0) is 59.3 Å². The third-order valence-electron chi connectivity index (χ3n) is 4.96. The maximum atomic E-state index is 11.8. The number of likely N-dealkylation sites (tertiary alicyclic amines) is 1. The lowest BCUT2D eigenvalue weighted by Crippen LogP contribution is -2.50. The number of carbonyl (C=O) groups excluding carboxylic acids is 1. The zero-order chi connectivity index (χ0) is 14.0. The van der Waals surface area contributed by atoms with Crippen molar-refractivity contribution in [2.24, 2.45) is 5.73 Å². The van der Waals surface area contributed by atoms with Gasteiger partial charge in [0, 0.05) is 12.1 Å². The second-order valence-corrected chi connectivity index (χ2v) is 6.24. The van der Waals surface area contributed by atoms with Gasteiger partial charge in [-0.1, -0.05) is 0 Å². The van der Waals surface area contributed by atoms with Gasteiger partial charge in [-0.3, -0.25) is 4.79 Å². The zero-order valence-corrected chi connectivity index (χ0v) is 12.4. The molecule has 0 amide bonds. The van der Waals surface area contributed by atoms with Crippen molar-refractivity contribution in [2.45, 2.75) is 49.7 Å². The summed E-state index contributed by atoms with van der Waals surface area (Å²) < 4.78 is 4.84. The first-order chi connectivity index (χ1) is 8.96. The Hall–Kier alpha value is -0.650. The van der Waals surface area contributed by atoms with Gasteiger partial charge in [-0.25, -0.2) is 0 Å². The molecule has 2 atom stereocenters. The van der Waals surface area contributed by atoms with Crippen LogP contribution in [0.1, 0.15) is 32.1 Å². The van der Waals surface area contributed by atoms with Gasteiger partial charge in [0.15, 0.2) is 0 Å². The van der Waals surface area contributed by atoms with Gasteiger partial charge in [0.25, 0.3) is 0 Å². The minimum Gasteiger partial charge on any atom is -0.468 e. The summed E-state index contributed by atoms with van der Waals surface area (Å²) in [4.78, 5) is 16.6. The monoisotopic (exact) mass is 269 g/mol. The van der Waals surface area contributed by atoms with Crippen molar-refractivity contribution >= 4 is 5.97 Å². The third-order valence-corrected chi connectivity index (χ3v) is 4.96. The fraction of sp³-hybridized carbons (Fsp3) is 0.929. The molecule has 0 bridgehead atoms. The normalized spacial score (nSPS) is 33.8. The molecule has 2 unspecified atom stereocenters. The fourth-order valence-corrected chi connectivity index (χ4v) is 3.49. The first-order valence-corrected chi connectivity index (χ1v) is 7.24. The van der Waals surface area contributed by atoms with Crippen LogP contribution < -0.4 is 5.73 Å². The molecule has 2 aliphatic rings. The molecule has 2 rings (SSSR count). The highest BCUT2D eigenvalue weighted by Gasteiger charge is 2.45. The smallest absolute Gasteiger partial charge is 0.325 e. The third kappa shape index (κ3) is 3.09. The quantitative estimate of drug-likeness (QED) is 0.753. The molecule has 1 heterocycles. The van der Waals surface area contributed by atoms with E-state index < -0.39 is 5.54 Å². The topological polar surface area (TPSA) is 58.8 Å². The van der Waals surface area contributed by atoms with Crippen LogP contribution in [0.15, 0.2) is 0 Å². The number of carbonyl (C=O) groups is 1. The van der Waals surface area contributed by atoms with Crippen LogP contribution in [0.4, 0.5) is 0 Å². The van der Waals surface area contributed by atoms with Crippen LogP contribution in [-0.2, 0) is 9.53 Å². The Morgan fingerprint density at radius 2 is 1.95 bits per heavy atom. The molecule has 5 heteroatoms. The fourth-order valence-electron chi connectivity index (χ4n) is 3.49. The first kappa shape index (κ1) is 14.8. The zero-order valence-electron chi connectivity index (χ0n) is 12.4. The number of piperidine rings is 1. The average molecular weight is 269 g/mol. The summed E-state index contributed by atoms with van der Waals surface area (Å²) in [6.07, 6.45) is 4.87. The molecule has 2 N–H and O–H groups in total. The van der Waals surface area contributed by atoms with Crippen LogP contribution in [0.2, 0.25) is 0 Å². The van der Waals surface area contributed by atoms with E-state index in [1.807, 2.05) is 0 Å². The van der Waals surface area contributed by atoms with Crippen molar-refractivity contribution in [3.63, 3.8) is 0 Å². The summed E-state index contributed by atoms with van der Waals surface area (Å²) in [5, 5.41) is 0. The van der Waals surface area contributed by atoms with Gasteiger partial charge in [0.2, 0.25) is 0 Å². The number of hydrogen-bond acceptors (Lipinski definition) is 5. The second-order valence-electron chi connectivity index (χ2n) is 6.24. The molecule has 19 heavy (non-hydrogen) atoms. The maximum absolute atomic E-state index is 11.8. The summed E-state index contributed by atoms with van der Waals surface area (Å²) >= 11 is 0. The van der Waals surface area contributed by atoms with Gasteiger partial charge < -0.3 is 20.3 Å². The molecule has 1 aliphatic carbocycles. The predicted molar refractivity (Wildman–Crippen MR) is 74.9 cm³/mol. The van der Waals surface area contributed by atoms with Crippen molar-refractivity contribution in [1.82, 2.24) is 9.80 Å². The van der Waals surface area contributed by atoms with E-state index in [9.17, 15) is 4.79 Å². The van der Waals surface area contributed by atoms with Crippen LogP contribution in [0, 0.1) is 0 Å². The molecule has 0 aromatic rings. The van der Waals surface area contributed by atoms with Crippen molar-refractivity contribution in [1.29, 1.82) is 0 Å². The molecule has 1 aliphatic heterocycles. The Labute approximate surface area is 116 Å². The second kappa shape index (κ2) is 5.77. The Morgan fingerprint density at radius 3 is 2.53 bits per heavy atom. The minimum absolute atomic E-state index is 0.258. The number of ether oxygens (including phenoxy) is 1. The highest BCUT2D eigenvalue weighted by Crippen LogP contribution is 2.33. The largest absolute Gasteiger partial charge is 0.468 e. The molecule has 0 aromatic heterocycles. The SMILES string of the molecule is COC(=O)C1(N)CCC(N(C)C2CCN(C)CC2)C1. The molecule has 2 fully saturated rings. The van der Waals surface area contributed by atoms with Crippen molar-refractivity contribution in [2.75, 3.05) is 34.3 Å². The van der Waals surface area contributed by atoms with Crippen molar-refractivity contribution in [3.05, 3.63) is 0 Å². The van der Waals surface area contributed by atoms with Gasteiger partial charge in [-0.15, -0.1) is 0 Å². The summed E-state index contributed by atoms with van der Waals surface area (Å²) in [6, 6.07) is 1.04.